The molecule has 0 aliphatic carbocycles. The first-order valence-electron chi connectivity index (χ1n) is 7.35. The fourth-order valence-electron chi connectivity index (χ4n) is 1.82. The molecule has 0 radical (unpaired) electrons. The van der Waals surface area contributed by atoms with E-state index < -0.39 is 5.60 Å². The Morgan fingerprint density at radius 2 is 2.05 bits per heavy atom. The third-order valence-corrected chi connectivity index (χ3v) is 3.93. The van der Waals surface area contributed by atoms with Gasteiger partial charge >= 0.3 is 0 Å². The van der Waals surface area contributed by atoms with Gasteiger partial charge in [0.15, 0.2) is 11.5 Å². The van der Waals surface area contributed by atoms with Crippen LogP contribution in [0.2, 0.25) is 0 Å². The predicted octanol–water partition coefficient (Wildman–Crippen LogP) is 3.50. The van der Waals surface area contributed by atoms with Crippen molar-refractivity contribution in [1.82, 2.24) is 5.32 Å². The molecule has 4 nitrogen and oxygen atoms in total. The largest absolute Gasteiger partial charge is 0.493 e. The van der Waals surface area contributed by atoms with Crippen molar-refractivity contribution in [3.8, 4) is 11.5 Å². The Morgan fingerprint density at radius 1 is 1.33 bits per heavy atom. The Balaban J connectivity index is 2.74. The summed E-state index contributed by atoms with van der Waals surface area (Å²) in [6, 6.07) is 3.98. The van der Waals surface area contributed by atoms with Crippen LogP contribution in [-0.2, 0) is 6.54 Å². The van der Waals surface area contributed by atoms with Gasteiger partial charge in [-0.05, 0) is 53.4 Å². The fraction of sp³-hybridized carbons (Fsp3) is 0.625. The molecule has 1 atom stereocenters. The zero-order valence-electron chi connectivity index (χ0n) is 13.3. The number of halogens is 1. The molecule has 0 aliphatic heterocycles. The highest BCUT2D eigenvalue weighted by molar-refractivity contribution is 9.10. The van der Waals surface area contributed by atoms with Crippen molar-refractivity contribution in [3.05, 3.63) is 22.2 Å². The molecule has 2 N–H and O–H groups in total. The predicted molar refractivity (Wildman–Crippen MR) is 89.1 cm³/mol. The van der Waals surface area contributed by atoms with E-state index in [1.165, 1.54) is 0 Å². The third-order valence-electron chi connectivity index (χ3n) is 3.34. The molecule has 21 heavy (non-hydrogen) atoms. The lowest BCUT2D eigenvalue weighted by molar-refractivity contribution is 0.0555. The van der Waals surface area contributed by atoms with E-state index in [-0.39, 0.29) is 0 Å². The maximum atomic E-state index is 9.98. The van der Waals surface area contributed by atoms with Crippen LogP contribution in [0, 0.1) is 0 Å². The van der Waals surface area contributed by atoms with Crippen LogP contribution < -0.4 is 14.8 Å². The number of aliphatic hydroxyl groups is 1. The Hall–Kier alpha value is -0.780. The summed E-state index contributed by atoms with van der Waals surface area (Å²) >= 11 is 3.53. The number of hydrogen-bond acceptors (Lipinski definition) is 4. The van der Waals surface area contributed by atoms with E-state index in [0.29, 0.717) is 19.7 Å². The molecule has 0 amide bonds. The van der Waals surface area contributed by atoms with E-state index in [1.54, 1.807) is 7.11 Å². The number of benzene rings is 1. The third kappa shape index (κ3) is 5.85. The van der Waals surface area contributed by atoms with Crippen LogP contribution in [0.1, 0.15) is 39.2 Å². The zero-order chi connectivity index (χ0) is 15.9. The molecular formula is C16H26BrNO3. The smallest absolute Gasteiger partial charge is 0.175 e. The number of ether oxygens (including phenoxy) is 2. The number of rotatable bonds is 9. The van der Waals surface area contributed by atoms with Crippen LogP contribution in [0.15, 0.2) is 16.6 Å². The topological polar surface area (TPSA) is 50.7 Å². The van der Waals surface area contributed by atoms with Crippen molar-refractivity contribution in [2.45, 2.75) is 45.8 Å². The van der Waals surface area contributed by atoms with Crippen molar-refractivity contribution in [1.29, 1.82) is 0 Å². The molecule has 0 saturated carbocycles. The second-order valence-corrected chi connectivity index (χ2v) is 6.27. The molecule has 0 aliphatic rings. The number of hydrogen-bond donors (Lipinski definition) is 2. The van der Waals surface area contributed by atoms with E-state index in [4.69, 9.17) is 9.47 Å². The Kier molecular flexibility index (Phi) is 7.49. The standard InChI is InChI=1S/C16H26BrNO3/c1-5-7-21-15-13(17)8-12(9-14(15)20-4)10-18-11-16(3,19)6-2/h8-9,18-19H,5-7,10-11H2,1-4H3. The lowest BCUT2D eigenvalue weighted by Crippen LogP contribution is -2.36. The second kappa shape index (κ2) is 8.61. The van der Waals surface area contributed by atoms with Gasteiger partial charge < -0.3 is 19.9 Å². The molecule has 120 valence electrons. The quantitative estimate of drug-likeness (QED) is 0.708. The summed E-state index contributed by atoms with van der Waals surface area (Å²) < 4.78 is 12.0. The second-order valence-electron chi connectivity index (χ2n) is 5.41. The molecule has 0 aromatic heterocycles. The highest BCUT2D eigenvalue weighted by atomic mass is 79.9. The van der Waals surface area contributed by atoms with Crippen molar-refractivity contribution in [3.63, 3.8) is 0 Å². The van der Waals surface area contributed by atoms with Crippen molar-refractivity contribution in [2.75, 3.05) is 20.3 Å². The highest BCUT2D eigenvalue weighted by Gasteiger charge is 2.17. The average Bonchev–Trinajstić information content (AvgIpc) is 2.45. The summed E-state index contributed by atoms with van der Waals surface area (Å²) in [6.45, 7) is 7.75. The van der Waals surface area contributed by atoms with Gasteiger partial charge in [-0.2, -0.15) is 0 Å². The van der Waals surface area contributed by atoms with E-state index >= 15 is 0 Å². The molecule has 5 heteroatoms. The molecule has 0 spiro atoms. The Bertz CT molecular complexity index is 449. The fourth-order valence-corrected chi connectivity index (χ4v) is 2.42. The van der Waals surface area contributed by atoms with Crippen LogP contribution in [0.4, 0.5) is 0 Å². The maximum absolute atomic E-state index is 9.98. The van der Waals surface area contributed by atoms with E-state index in [0.717, 1.165) is 34.4 Å². The molecule has 0 bridgehead atoms. The lowest BCUT2D eigenvalue weighted by Gasteiger charge is -2.22. The highest BCUT2D eigenvalue weighted by Crippen LogP contribution is 2.36. The molecule has 0 saturated heterocycles. The molecule has 1 aromatic rings. The van der Waals surface area contributed by atoms with Crippen molar-refractivity contribution < 1.29 is 14.6 Å². The van der Waals surface area contributed by atoms with Gasteiger partial charge in [0, 0.05) is 13.1 Å². The molecule has 1 rings (SSSR count). The van der Waals surface area contributed by atoms with Crippen LogP contribution in [0.5, 0.6) is 11.5 Å². The SMILES string of the molecule is CCCOc1c(Br)cc(CNCC(C)(O)CC)cc1OC. The van der Waals surface area contributed by atoms with Gasteiger partial charge in [0.25, 0.3) is 0 Å². The van der Waals surface area contributed by atoms with Crippen molar-refractivity contribution in [2.24, 2.45) is 0 Å². The first-order chi connectivity index (χ1) is 9.93. The summed E-state index contributed by atoms with van der Waals surface area (Å²) in [4.78, 5) is 0. The average molecular weight is 360 g/mol. The van der Waals surface area contributed by atoms with Crippen LogP contribution in [-0.4, -0.2) is 31.0 Å². The van der Waals surface area contributed by atoms with Gasteiger partial charge in [0.1, 0.15) is 0 Å². The van der Waals surface area contributed by atoms with Gasteiger partial charge in [0.2, 0.25) is 0 Å². The van der Waals surface area contributed by atoms with Crippen LogP contribution >= 0.6 is 15.9 Å². The maximum Gasteiger partial charge on any atom is 0.175 e. The molecule has 0 fully saturated rings. The van der Waals surface area contributed by atoms with Gasteiger partial charge in [-0.25, -0.2) is 0 Å². The summed E-state index contributed by atoms with van der Waals surface area (Å²) in [5.74, 6) is 1.46. The molecular weight excluding hydrogens is 334 g/mol. The van der Waals surface area contributed by atoms with Crippen LogP contribution in [0.3, 0.4) is 0 Å². The Morgan fingerprint density at radius 3 is 2.62 bits per heavy atom. The number of methoxy groups -OCH3 is 1. The minimum Gasteiger partial charge on any atom is -0.493 e. The van der Waals surface area contributed by atoms with Crippen molar-refractivity contribution >= 4 is 15.9 Å². The molecule has 0 heterocycles. The Labute approximate surface area is 136 Å². The van der Waals surface area contributed by atoms with E-state index in [9.17, 15) is 5.11 Å². The van der Waals surface area contributed by atoms with Crippen LogP contribution in [0.25, 0.3) is 0 Å². The first kappa shape index (κ1) is 18.3. The van der Waals surface area contributed by atoms with E-state index in [1.807, 2.05) is 26.0 Å². The summed E-state index contributed by atoms with van der Waals surface area (Å²) in [7, 11) is 1.64. The van der Waals surface area contributed by atoms with Gasteiger partial charge in [-0.15, -0.1) is 0 Å². The minimum atomic E-state index is -0.675. The first-order valence-corrected chi connectivity index (χ1v) is 8.15. The normalized spacial score (nSPS) is 13.8. The number of nitrogens with one attached hydrogen (secondary N) is 1. The summed E-state index contributed by atoms with van der Waals surface area (Å²) in [5, 5.41) is 13.2. The minimum absolute atomic E-state index is 0.553. The zero-order valence-corrected chi connectivity index (χ0v) is 14.9. The van der Waals surface area contributed by atoms with E-state index in [2.05, 4.69) is 28.2 Å². The van der Waals surface area contributed by atoms with Gasteiger partial charge in [0.05, 0.1) is 23.8 Å². The summed E-state index contributed by atoms with van der Waals surface area (Å²) in [5.41, 5.74) is 0.403. The van der Waals surface area contributed by atoms with Gasteiger partial charge in [-0.3, -0.25) is 0 Å². The lowest BCUT2D eigenvalue weighted by atomic mass is 10.0. The monoisotopic (exact) mass is 359 g/mol. The molecule has 1 unspecified atom stereocenters. The molecule has 1 aromatic carbocycles. The van der Waals surface area contributed by atoms with Gasteiger partial charge in [-0.1, -0.05) is 13.8 Å². The summed E-state index contributed by atoms with van der Waals surface area (Å²) in [6.07, 6.45) is 1.67.